The van der Waals surface area contributed by atoms with Gasteiger partial charge in [0.2, 0.25) is 0 Å². The van der Waals surface area contributed by atoms with Gasteiger partial charge in [-0.15, -0.1) is 10.2 Å². The van der Waals surface area contributed by atoms with Gasteiger partial charge in [0, 0.05) is 38.3 Å². The molecule has 0 aliphatic carbocycles. The Morgan fingerprint density at radius 3 is 2.29 bits per heavy atom. The molecule has 3 N–H and O–H groups in total. The number of halogens is 3. The number of carbonyl (C=O) groups is 1. The third kappa shape index (κ3) is 7.18. The molecule has 31 heavy (non-hydrogen) atoms. The van der Waals surface area contributed by atoms with Gasteiger partial charge in [0.15, 0.2) is 11.5 Å². The highest BCUT2D eigenvalue weighted by molar-refractivity contribution is 5.72. The van der Waals surface area contributed by atoms with Crippen LogP contribution in [0, 0.1) is 0 Å². The summed E-state index contributed by atoms with van der Waals surface area (Å²) in [5.41, 5.74) is 5.49. The molecule has 0 saturated carbocycles. The summed E-state index contributed by atoms with van der Waals surface area (Å²) in [7, 11) is 0. The van der Waals surface area contributed by atoms with Gasteiger partial charge >= 0.3 is 6.18 Å². The van der Waals surface area contributed by atoms with Gasteiger partial charge in [-0.05, 0) is 38.0 Å². The van der Waals surface area contributed by atoms with E-state index < -0.39 is 11.9 Å². The van der Waals surface area contributed by atoms with Crippen molar-refractivity contribution in [2.75, 3.05) is 31.1 Å². The molecule has 1 fully saturated rings. The molecule has 3 rings (SSSR count). The number of hydrogen-bond donors (Lipinski definition) is 2. The molecule has 2 aromatic rings. The van der Waals surface area contributed by atoms with Crippen LogP contribution >= 0.6 is 0 Å². The first-order valence-corrected chi connectivity index (χ1v) is 9.87. The Labute approximate surface area is 179 Å². The first-order chi connectivity index (χ1) is 14.6. The first-order valence-electron chi connectivity index (χ1n) is 9.87. The molecule has 0 radical (unpaired) electrons. The Hall–Kier alpha value is -2.72. The van der Waals surface area contributed by atoms with Crippen LogP contribution in [-0.4, -0.2) is 48.4 Å². The summed E-state index contributed by atoms with van der Waals surface area (Å²) in [5, 5.41) is 10.5. The second-order valence-electron chi connectivity index (χ2n) is 7.89. The largest absolute Gasteiger partial charge is 0.462 e. The third-order valence-corrected chi connectivity index (χ3v) is 4.42. The maximum absolute atomic E-state index is 13.4. The van der Waals surface area contributed by atoms with E-state index >= 15 is 0 Å². The van der Waals surface area contributed by atoms with Crippen molar-refractivity contribution >= 4 is 12.3 Å². The van der Waals surface area contributed by atoms with E-state index in [1.807, 2.05) is 25.7 Å². The molecule has 0 atom stereocenters. The normalized spacial score (nSPS) is 14.5. The maximum atomic E-state index is 13.4. The van der Waals surface area contributed by atoms with Crippen molar-refractivity contribution in [1.29, 1.82) is 0 Å². The first kappa shape index (κ1) is 24.5. The van der Waals surface area contributed by atoms with E-state index in [9.17, 15) is 18.0 Å². The maximum Gasteiger partial charge on any atom is 0.435 e. The average Bonchev–Trinajstić information content (AvgIpc) is 2.73. The smallest absolute Gasteiger partial charge is 0.435 e. The second-order valence-corrected chi connectivity index (χ2v) is 7.89. The fourth-order valence-electron chi connectivity index (χ4n) is 2.95. The fraction of sp³-hybridized carbons (Fsp3) is 0.476. The number of alkyl halides is 3. The van der Waals surface area contributed by atoms with Crippen LogP contribution in [0.5, 0.6) is 0 Å². The summed E-state index contributed by atoms with van der Waals surface area (Å²) in [4.78, 5) is 11.5. The van der Waals surface area contributed by atoms with Gasteiger partial charge in [-0.3, -0.25) is 4.79 Å². The number of rotatable bonds is 4. The van der Waals surface area contributed by atoms with Gasteiger partial charge < -0.3 is 20.7 Å². The van der Waals surface area contributed by atoms with Gasteiger partial charge in [-0.25, -0.2) is 0 Å². The van der Waals surface area contributed by atoms with Crippen molar-refractivity contribution in [2.45, 2.75) is 39.1 Å². The summed E-state index contributed by atoms with van der Waals surface area (Å²) < 4.78 is 44.7. The summed E-state index contributed by atoms with van der Waals surface area (Å²) >= 11 is 0. The van der Waals surface area contributed by atoms with Gasteiger partial charge in [0.1, 0.15) is 5.60 Å². The van der Waals surface area contributed by atoms with Crippen LogP contribution in [0.2, 0.25) is 0 Å². The Kier molecular flexibility index (Phi) is 8.35. The zero-order valence-electron chi connectivity index (χ0n) is 17.9. The van der Waals surface area contributed by atoms with Crippen molar-refractivity contribution in [3.05, 3.63) is 41.6 Å². The van der Waals surface area contributed by atoms with Crippen LogP contribution in [0.4, 0.5) is 19.0 Å². The van der Waals surface area contributed by atoms with E-state index in [2.05, 4.69) is 20.3 Å². The molecule has 2 heterocycles. The van der Waals surface area contributed by atoms with Gasteiger partial charge in [-0.1, -0.05) is 24.3 Å². The zero-order valence-corrected chi connectivity index (χ0v) is 17.9. The number of anilines is 1. The molecule has 1 aliphatic rings. The van der Waals surface area contributed by atoms with E-state index in [-0.39, 0.29) is 17.7 Å². The number of piperazine rings is 1. The highest BCUT2D eigenvalue weighted by Crippen LogP contribution is 2.37. The third-order valence-electron chi connectivity index (χ3n) is 4.42. The zero-order chi connectivity index (χ0) is 23.1. The van der Waals surface area contributed by atoms with Crippen molar-refractivity contribution in [3.8, 4) is 11.1 Å². The van der Waals surface area contributed by atoms with Crippen LogP contribution in [0.15, 0.2) is 30.3 Å². The van der Waals surface area contributed by atoms with Crippen LogP contribution < -0.4 is 16.0 Å². The van der Waals surface area contributed by atoms with Crippen LogP contribution in [-0.2, 0) is 22.3 Å². The van der Waals surface area contributed by atoms with Crippen molar-refractivity contribution in [2.24, 2.45) is 5.73 Å². The van der Waals surface area contributed by atoms with Crippen molar-refractivity contribution < 1.29 is 22.7 Å². The summed E-state index contributed by atoms with van der Waals surface area (Å²) in [6.45, 7) is 8.95. The minimum Gasteiger partial charge on any atom is -0.462 e. The molecular formula is C21H28F3N5O2. The number of nitrogens with two attached hydrogens (primary N) is 1. The topological polar surface area (TPSA) is 93.4 Å². The molecule has 1 saturated heterocycles. The lowest BCUT2D eigenvalue weighted by Gasteiger charge is -2.28. The second kappa shape index (κ2) is 10.5. The average molecular weight is 439 g/mol. The molecule has 170 valence electrons. The van der Waals surface area contributed by atoms with Crippen LogP contribution in [0.25, 0.3) is 11.1 Å². The predicted octanol–water partition coefficient (Wildman–Crippen LogP) is 2.99. The Balaban J connectivity index is 0.000000423. The van der Waals surface area contributed by atoms with E-state index in [1.165, 1.54) is 6.07 Å². The predicted molar refractivity (Wildman–Crippen MR) is 112 cm³/mol. The number of nitrogens with zero attached hydrogens (tertiary/aromatic N) is 3. The van der Waals surface area contributed by atoms with E-state index in [0.29, 0.717) is 36.5 Å². The number of benzene rings is 1. The Bertz CT molecular complexity index is 863. The SMILES string of the molecule is CC(C)(C)OC=O.NCc1ccccc1-c1cc(N2CCNCC2)nnc1C(F)(F)F. The minimum atomic E-state index is -4.58. The van der Waals surface area contributed by atoms with Gasteiger partial charge in [0.05, 0.1) is 0 Å². The molecule has 7 nitrogen and oxygen atoms in total. The Morgan fingerprint density at radius 1 is 1.13 bits per heavy atom. The quantitative estimate of drug-likeness (QED) is 0.708. The van der Waals surface area contributed by atoms with Crippen molar-refractivity contribution in [3.63, 3.8) is 0 Å². The molecule has 1 aromatic carbocycles. The summed E-state index contributed by atoms with van der Waals surface area (Å²) in [6, 6.07) is 8.27. The standard InChI is InChI=1S/C16H18F3N5.C5H10O2/c17-16(18,19)15-13(12-4-2-1-3-11(12)10-20)9-14(22-23-15)24-7-5-21-6-8-24;1-5(2,3)7-4-6/h1-4,9,21H,5-8,10,20H2;4H,1-3H3. The van der Waals surface area contributed by atoms with Crippen LogP contribution in [0.1, 0.15) is 32.0 Å². The lowest BCUT2D eigenvalue weighted by atomic mass is 9.98. The molecule has 0 unspecified atom stereocenters. The lowest BCUT2D eigenvalue weighted by Crippen LogP contribution is -2.44. The highest BCUT2D eigenvalue weighted by Gasteiger charge is 2.37. The van der Waals surface area contributed by atoms with E-state index in [0.717, 1.165) is 13.1 Å². The highest BCUT2D eigenvalue weighted by atomic mass is 19.4. The summed E-state index contributed by atoms with van der Waals surface area (Å²) in [5.74, 6) is 0.450. The monoisotopic (exact) mass is 439 g/mol. The van der Waals surface area contributed by atoms with E-state index in [1.54, 1.807) is 24.3 Å². The fourth-order valence-corrected chi connectivity index (χ4v) is 2.95. The summed E-state index contributed by atoms with van der Waals surface area (Å²) in [6.07, 6.45) is -4.58. The Morgan fingerprint density at radius 2 is 1.77 bits per heavy atom. The molecular weight excluding hydrogens is 411 g/mol. The van der Waals surface area contributed by atoms with Gasteiger partial charge in [-0.2, -0.15) is 13.2 Å². The van der Waals surface area contributed by atoms with Crippen molar-refractivity contribution in [1.82, 2.24) is 15.5 Å². The molecule has 0 spiro atoms. The molecule has 1 aliphatic heterocycles. The minimum absolute atomic E-state index is 0.0204. The number of aromatic nitrogens is 2. The molecule has 0 bridgehead atoms. The van der Waals surface area contributed by atoms with Gasteiger partial charge in [0.25, 0.3) is 6.47 Å². The number of hydrogen-bond acceptors (Lipinski definition) is 7. The molecule has 1 aromatic heterocycles. The molecule has 0 amide bonds. The van der Waals surface area contributed by atoms with Crippen LogP contribution in [0.3, 0.4) is 0 Å². The molecule has 10 heteroatoms. The number of ether oxygens (including phenoxy) is 1. The lowest BCUT2D eigenvalue weighted by molar-refractivity contribution is -0.141. The number of carbonyl (C=O) groups excluding carboxylic acids is 1. The van der Waals surface area contributed by atoms with E-state index in [4.69, 9.17) is 5.73 Å². The number of nitrogens with one attached hydrogen (secondary N) is 1.